The normalized spacial score (nSPS) is 20.5. The highest BCUT2D eigenvalue weighted by molar-refractivity contribution is 9.10. The van der Waals surface area contributed by atoms with Crippen LogP contribution in [0, 0.1) is 5.41 Å². The number of carbonyl (C=O) groups excluding carboxylic acids is 1. The molecule has 0 spiro atoms. The summed E-state index contributed by atoms with van der Waals surface area (Å²) in [7, 11) is 0. The van der Waals surface area contributed by atoms with E-state index in [0.717, 1.165) is 33.1 Å². The first-order valence-corrected chi connectivity index (χ1v) is 10.5. The van der Waals surface area contributed by atoms with Gasteiger partial charge in [-0.15, -0.1) is 0 Å². The summed E-state index contributed by atoms with van der Waals surface area (Å²) in [6.07, 6.45) is 1.52. The third-order valence-electron chi connectivity index (χ3n) is 5.94. The quantitative estimate of drug-likeness (QED) is 0.453. The van der Waals surface area contributed by atoms with Gasteiger partial charge in [-0.2, -0.15) is 0 Å². The average molecular weight is 432 g/mol. The first-order valence-electron chi connectivity index (χ1n) is 9.73. The molecule has 3 heteroatoms. The van der Waals surface area contributed by atoms with Gasteiger partial charge in [0, 0.05) is 27.7 Å². The molecule has 0 bridgehead atoms. The Morgan fingerprint density at radius 2 is 1.71 bits per heavy atom. The van der Waals surface area contributed by atoms with E-state index < -0.39 is 0 Å². The van der Waals surface area contributed by atoms with Crippen molar-refractivity contribution in [3.63, 3.8) is 0 Å². The fourth-order valence-electron chi connectivity index (χ4n) is 4.76. The minimum Gasteiger partial charge on any atom is -0.374 e. The molecule has 0 amide bonds. The third kappa shape index (κ3) is 2.80. The van der Waals surface area contributed by atoms with Crippen LogP contribution in [0.1, 0.15) is 43.9 Å². The van der Waals surface area contributed by atoms with Gasteiger partial charge in [-0.05, 0) is 51.9 Å². The Labute approximate surface area is 173 Å². The molecule has 1 N–H and O–H groups in total. The van der Waals surface area contributed by atoms with Crippen LogP contribution >= 0.6 is 15.9 Å². The first-order chi connectivity index (χ1) is 13.4. The molecular formula is C25H22BrNO. The molecule has 140 valence electrons. The Morgan fingerprint density at radius 3 is 2.50 bits per heavy atom. The lowest BCUT2D eigenvalue weighted by atomic mass is 9.68. The molecule has 3 aromatic rings. The van der Waals surface area contributed by atoms with Crippen molar-refractivity contribution in [2.24, 2.45) is 5.41 Å². The topological polar surface area (TPSA) is 29.1 Å². The molecule has 2 nitrogen and oxygen atoms in total. The summed E-state index contributed by atoms with van der Waals surface area (Å²) in [5.74, 6) is 0.271. The van der Waals surface area contributed by atoms with E-state index in [4.69, 9.17) is 0 Å². The number of fused-ring (bicyclic) bond motifs is 4. The van der Waals surface area contributed by atoms with E-state index in [1.807, 2.05) is 0 Å². The summed E-state index contributed by atoms with van der Waals surface area (Å²) >= 11 is 3.53. The summed E-state index contributed by atoms with van der Waals surface area (Å²) in [5.41, 5.74) is 5.48. The lowest BCUT2D eigenvalue weighted by molar-refractivity contribution is -0.116. The van der Waals surface area contributed by atoms with E-state index in [0.29, 0.717) is 6.42 Å². The Kier molecular flexibility index (Phi) is 3.99. The Bertz CT molecular complexity index is 1140. The maximum atomic E-state index is 13.4. The molecular weight excluding hydrogens is 410 g/mol. The van der Waals surface area contributed by atoms with Crippen LogP contribution in [-0.4, -0.2) is 5.78 Å². The fraction of sp³-hybridized carbons (Fsp3) is 0.240. The van der Waals surface area contributed by atoms with Gasteiger partial charge < -0.3 is 5.32 Å². The summed E-state index contributed by atoms with van der Waals surface area (Å²) in [6.45, 7) is 4.40. The summed E-state index contributed by atoms with van der Waals surface area (Å²) in [6, 6.07) is 21.1. The van der Waals surface area contributed by atoms with Gasteiger partial charge in [-0.3, -0.25) is 4.79 Å². The van der Waals surface area contributed by atoms with Crippen molar-refractivity contribution < 1.29 is 4.79 Å². The summed E-state index contributed by atoms with van der Waals surface area (Å²) < 4.78 is 1.06. The molecule has 1 aliphatic heterocycles. The highest BCUT2D eigenvalue weighted by Gasteiger charge is 2.40. The minimum atomic E-state index is -0.0205. The smallest absolute Gasteiger partial charge is 0.164 e. The molecule has 0 radical (unpaired) electrons. The van der Waals surface area contributed by atoms with Crippen molar-refractivity contribution >= 4 is 43.7 Å². The van der Waals surface area contributed by atoms with Crippen LogP contribution in [0.5, 0.6) is 0 Å². The van der Waals surface area contributed by atoms with E-state index in [1.54, 1.807) is 0 Å². The van der Waals surface area contributed by atoms with Gasteiger partial charge in [0.2, 0.25) is 0 Å². The van der Waals surface area contributed by atoms with Crippen LogP contribution in [0.4, 0.5) is 5.69 Å². The predicted octanol–water partition coefficient (Wildman–Crippen LogP) is 6.91. The number of anilines is 1. The number of allylic oxidation sites excluding steroid dienone is 1. The SMILES string of the molecule is CC1(C)CC(=O)C2=C(C1)[C@@H](c1ccc(Br)cc1)Nc1ccc3ccccc3c12. The zero-order valence-corrected chi connectivity index (χ0v) is 17.6. The monoisotopic (exact) mass is 431 g/mol. The van der Waals surface area contributed by atoms with Crippen LogP contribution in [-0.2, 0) is 4.79 Å². The number of carbonyl (C=O) groups is 1. The lowest BCUT2D eigenvalue weighted by Crippen LogP contribution is -2.32. The molecule has 5 rings (SSSR count). The molecule has 0 saturated carbocycles. The molecule has 0 unspecified atom stereocenters. The maximum Gasteiger partial charge on any atom is 0.164 e. The van der Waals surface area contributed by atoms with Crippen LogP contribution in [0.25, 0.3) is 16.3 Å². The number of hydrogen-bond donors (Lipinski definition) is 1. The first kappa shape index (κ1) is 17.7. The number of benzene rings is 3. The van der Waals surface area contributed by atoms with Crippen LogP contribution < -0.4 is 5.32 Å². The molecule has 0 saturated heterocycles. The average Bonchev–Trinajstić information content (AvgIpc) is 2.66. The second kappa shape index (κ2) is 6.31. The highest BCUT2D eigenvalue weighted by atomic mass is 79.9. The van der Waals surface area contributed by atoms with Gasteiger partial charge in [0.15, 0.2) is 5.78 Å². The van der Waals surface area contributed by atoms with E-state index in [2.05, 4.69) is 95.8 Å². The fourth-order valence-corrected chi connectivity index (χ4v) is 5.02. The molecule has 1 atom stereocenters. The zero-order valence-electron chi connectivity index (χ0n) is 16.1. The van der Waals surface area contributed by atoms with Crippen LogP contribution in [0.3, 0.4) is 0 Å². The van der Waals surface area contributed by atoms with Crippen molar-refractivity contribution in [2.45, 2.75) is 32.7 Å². The van der Waals surface area contributed by atoms with Gasteiger partial charge in [0.25, 0.3) is 0 Å². The molecule has 1 aliphatic carbocycles. The molecule has 0 fully saturated rings. The van der Waals surface area contributed by atoms with Gasteiger partial charge in [0.05, 0.1) is 6.04 Å². The van der Waals surface area contributed by atoms with Crippen molar-refractivity contribution in [1.29, 1.82) is 0 Å². The Morgan fingerprint density at radius 1 is 0.964 bits per heavy atom. The molecule has 28 heavy (non-hydrogen) atoms. The van der Waals surface area contributed by atoms with Crippen LogP contribution in [0.2, 0.25) is 0 Å². The summed E-state index contributed by atoms with van der Waals surface area (Å²) in [4.78, 5) is 13.4. The van der Waals surface area contributed by atoms with Crippen molar-refractivity contribution in [1.82, 2.24) is 0 Å². The highest BCUT2D eigenvalue weighted by Crippen LogP contribution is 2.51. The van der Waals surface area contributed by atoms with E-state index in [9.17, 15) is 4.79 Å². The summed E-state index contributed by atoms with van der Waals surface area (Å²) in [5, 5.41) is 6.09. The largest absolute Gasteiger partial charge is 0.374 e. The second-order valence-corrected chi connectivity index (χ2v) is 9.60. The van der Waals surface area contributed by atoms with Crippen molar-refractivity contribution in [3.05, 3.63) is 81.8 Å². The van der Waals surface area contributed by atoms with Gasteiger partial charge in [-0.25, -0.2) is 0 Å². The lowest BCUT2D eigenvalue weighted by Gasteiger charge is -2.40. The second-order valence-electron chi connectivity index (χ2n) is 8.68. The standard InChI is InChI=1S/C25H22BrNO/c1-25(2)13-19-23(21(28)14-25)22-18-6-4-3-5-15(18)9-12-20(22)27-24(19)16-7-10-17(26)11-8-16/h3-12,24,27H,13-14H2,1-2H3/t24-/m1/s1. The molecule has 0 aromatic heterocycles. The van der Waals surface area contributed by atoms with Crippen molar-refractivity contribution in [3.8, 4) is 0 Å². The number of nitrogens with one attached hydrogen (secondary N) is 1. The predicted molar refractivity (Wildman–Crippen MR) is 119 cm³/mol. The van der Waals surface area contributed by atoms with Gasteiger partial charge >= 0.3 is 0 Å². The van der Waals surface area contributed by atoms with Crippen molar-refractivity contribution in [2.75, 3.05) is 5.32 Å². The zero-order chi connectivity index (χ0) is 19.5. The Balaban J connectivity index is 1.79. The molecule has 3 aromatic carbocycles. The third-order valence-corrected chi connectivity index (χ3v) is 6.47. The maximum absolute atomic E-state index is 13.4. The van der Waals surface area contributed by atoms with E-state index in [-0.39, 0.29) is 17.2 Å². The van der Waals surface area contributed by atoms with Gasteiger partial charge in [0.1, 0.15) is 0 Å². The Hall–Kier alpha value is -2.39. The van der Waals surface area contributed by atoms with Crippen LogP contribution in [0.15, 0.2) is 70.7 Å². The number of hydrogen-bond acceptors (Lipinski definition) is 2. The molecule has 2 aliphatic rings. The number of halogens is 1. The van der Waals surface area contributed by atoms with Gasteiger partial charge in [-0.1, -0.05) is 72.2 Å². The minimum absolute atomic E-state index is 0.0205. The number of Topliss-reactive ketones (excluding diaryl/α,β-unsaturated/α-hetero) is 1. The van der Waals surface area contributed by atoms with E-state index in [1.165, 1.54) is 16.5 Å². The number of ketones is 1. The van der Waals surface area contributed by atoms with E-state index >= 15 is 0 Å². The number of rotatable bonds is 1. The molecule has 1 heterocycles.